The highest BCUT2D eigenvalue weighted by atomic mass is 31.2. The molecule has 42 heavy (non-hydrogen) atoms. The van der Waals surface area contributed by atoms with Gasteiger partial charge in [-0.15, -0.1) is 0 Å². The molecule has 3 aromatic rings. The second-order valence-electron chi connectivity index (χ2n) is 10.3. The number of nitrogens with two attached hydrogens (primary N) is 1. The molecule has 0 bridgehead atoms. The molecule has 0 aliphatic carbocycles. The number of aliphatic hydroxyl groups is 1. The second kappa shape index (κ2) is 12.1. The van der Waals surface area contributed by atoms with Crippen LogP contribution >= 0.6 is 7.75 Å². The van der Waals surface area contributed by atoms with Gasteiger partial charge in [0.2, 0.25) is 0 Å². The number of nitrogens with one attached hydrogen (secondary N) is 1. The van der Waals surface area contributed by atoms with Gasteiger partial charge in [-0.1, -0.05) is 18.2 Å². The number of aromatic nitrogens is 2. The Balaban J connectivity index is 1.61. The molecule has 2 aromatic carbocycles. The molecule has 1 unspecified atom stereocenters. The monoisotopic (exact) mass is 612 g/mol. The molecule has 6 atom stereocenters. The fraction of sp³-hybridized carbons (Fsp3) is 0.481. The lowest BCUT2D eigenvalue weighted by atomic mass is 9.97. The molecule has 4 N–H and O–H groups in total. The third-order valence-corrected chi connectivity index (χ3v) is 8.03. The number of alkyl halides is 2. The first-order valence-electron chi connectivity index (χ1n) is 13.3. The van der Waals surface area contributed by atoms with Crippen molar-refractivity contribution in [2.45, 2.75) is 70.6 Å². The molecule has 1 saturated heterocycles. The first-order valence-corrected chi connectivity index (χ1v) is 14.8. The molecule has 15 heteroatoms. The van der Waals surface area contributed by atoms with Crippen molar-refractivity contribution in [1.29, 1.82) is 0 Å². The molecule has 0 amide bonds. The zero-order chi connectivity index (χ0) is 30.9. The molecule has 1 aromatic heterocycles. The number of carbonyl (C=O) groups excluding carboxylic acids is 1. The van der Waals surface area contributed by atoms with Gasteiger partial charge in [0.05, 0.1) is 24.6 Å². The Morgan fingerprint density at radius 1 is 1.26 bits per heavy atom. The van der Waals surface area contributed by atoms with Crippen LogP contribution in [-0.2, 0) is 23.4 Å². The van der Waals surface area contributed by atoms with E-state index in [1.54, 1.807) is 45.0 Å². The predicted molar refractivity (Wildman–Crippen MR) is 149 cm³/mol. The van der Waals surface area contributed by atoms with E-state index in [1.165, 1.54) is 36.0 Å². The number of nitrogens with zero attached hydrogens (tertiary/aromatic N) is 2. The Kier molecular flexibility index (Phi) is 9.14. The summed E-state index contributed by atoms with van der Waals surface area (Å²) in [6.45, 7) is 6.39. The summed E-state index contributed by atoms with van der Waals surface area (Å²) < 4.78 is 74.2. The van der Waals surface area contributed by atoms with Crippen molar-refractivity contribution >= 4 is 30.4 Å². The van der Waals surface area contributed by atoms with E-state index in [-0.39, 0.29) is 17.0 Å². The number of anilines is 1. The minimum absolute atomic E-state index is 0.0688. The standard InChI is InChI=1S/C27H35F2N4O8P/c1-6-37-21-13-18(30)12-20-22(21)31-15-33(20)25-26(5,28)24(35)27(29,40-25)14-38-42(36,41-19-10-8-7-9-11-19)32-17(4)23(34)39-16(2)3/h7-13,15-17,24-25,35H,6,14,30H2,1-5H3,(H,32,36)/t17?,24-,25+,26+,27+,42-/m0/s1. The Morgan fingerprint density at radius 3 is 2.60 bits per heavy atom. The summed E-state index contributed by atoms with van der Waals surface area (Å²) in [5.41, 5.74) is 4.12. The maximum Gasteiger partial charge on any atom is 0.459 e. The van der Waals surface area contributed by atoms with Gasteiger partial charge in [0, 0.05) is 11.8 Å². The zero-order valence-corrected chi connectivity index (χ0v) is 24.7. The minimum Gasteiger partial charge on any atom is -0.491 e. The number of para-hydroxylation sites is 1. The fourth-order valence-corrected chi connectivity index (χ4v) is 5.95. The molecule has 0 saturated carbocycles. The van der Waals surface area contributed by atoms with Crippen molar-refractivity contribution in [3.63, 3.8) is 0 Å². The number of ether oxygens (including phenoxy) is 3. The smallest absolute Gasteiger partial charge is 0.459 e. The third-order valence-electron chi connectivity index (χ3n) is 6.41. The largest absolute Gasteiger partial charge is 0.491 e. The Labute approximate surface area is 241 Å². The average molecular weight is 613 g/mol. The van der Waals surface area contributed by atoms with Crippen LogP contribution in [0.3, 0.4) is 0 Å². The van der Waals surface area contributed by atoms with Crippen LogP contribution in [0.5, 0.6) is 11.5 Å². The normalized spacial score (nSPS) is 26.2. The molecule has 1 aliphatic rings. The first-order chi connectivity index (χ1) is 19.7. The van der Waals surface area contributed by atoms with Crippen molar-refractivity contribution in [3.05, 3.63) is 48.8 Å². The molecule has 1 aliphatic heterocycles. The van der Waals surface area contributed by atoms with Gasteiger partial charge in [0.15, 0.2) is 18.0 Å². The van der Waals surface area contributed by atoms with Crippen LogP contribution in [-0.4, -0.2) is 63.6 Å². The number of carbonyl (C=O) groups is 1. The molecule has 1 fully saturated rings. The van der Waals surface area contributed by atoms with Crippen LogP contribution in [0.2, 0.25) is 0 Å². The number of esters is 1. The molecule has 2 heterocycles. The Bertz CT molecular complexity index is 1460. The number of aliphatic hydroxyl groups excluding tert-OH is 1. The van der Waals surface area contributed by atoms with E-state index in [4.69, 9.17) is 29.0 Å². The number of rotatable bonds is 12. The maximum absolute atomic E-state index is 16.2. The van der Waals surface area contributed by atoms with Gasteiger partial charge >= 0.3 is 13.7 Å². The lowest BCUT2D eigenvalue weighted by Crippen LogP contribution is -2.47. The molecule has 12 nitrogen and oxygen atoms in total. The first kappa shape index (κ1) is 31.6. The van der Waals surface area contributed by atoms with E-state index in [9.17, 15) is 14.5 Å². The minimum atomic E-state index is -4.55. The summed E-state index contributed by atoms with van der Waals surface area (Å²) in [6.07, 6.45) is -3.41. The van der Waals surface area contributed by atoms with Crippen LogP contribution in [0, 0.1) is 0 Å². The SMILES string of the molecule is CCOc1cc(N)cc2c1ncn2[C@@H]1O[C@](F)(CO[P@@](=O)(NC(C)C(=O)OC(C)C)Oc2ccccc2)[C@@H](O)[C@@]1(C)F. The third kappa shape index (κ3) is 6.52. The van der Waals surface area contributed by atoms with Crippen molar-refractivity contribution in [2.75, 3.05) is 18.9 Å². The number of hydrogen-bond donors (Lipinski definition) is 3. The van der Waals surface area contributed by atoms with Gasteiger partial charge in [-0.05, 0) is 52.8 Å². The van der Waals surface area contributed by atoms with E-state index < -0.39 is 56.3 Å². The summed E-state index contributed by atoms with van der Waals surface area (Å²) in [4.78, 5) is 16.6. The molecule has 0 radical (unpaired) electrons. The highest BCUT2D eigenvalue weighted by Gasteiger charge is 2.65. The molecular weight excluding hydrogens is 577 g/mol. The van der Waals surface area contributed by atoms with E-state index in [2.05, 4.69) is 10.1 Å². The Hall–Kier alpha value is -3.29. The van der Waals surface area contributed by atoms with E-state index in [0.717, 1.165) is 6.92 Å². The van der Waals surface area contributed by atoms with Gasteiger partial charge in [-0.25, -0.2) is 18.3 Å². The Morgan fingerprint density at radius 2 is 1.95 bits per heavy atom. The number of imidazole rings is 1. The number of nitrogen functional groups attached to an aromatic ring is 1. The molecule has 4 rings (SSSR count). The number of benzene rings is 2. The molecule has 230 valence electrons. The van der Waals surface area contributed by atoms with Crippen molar-refractivity contribution in [2.24, 2.45) is 0 Å². The van der Waals surface area contributed by atoms with Crippen molar-refractivity contribution in [1.82, 2.24) is 14.6 Å². The zero-order valence-electron chi connectivity index (χ0n) is 23.8. The molecule has 0 spiro atoms. The summed E-state index contributed by atoms with van der Waals surface area (Å²) in [7, 11) is -4.55. The maximum atomic E-state index is 16.2. The van der Waals surface area contributed by atoms with Gasteiger partial charge < -0.3 is 34.1 Å². The van der Waals surface area contributed by atoms with Crippen LogP contribution in [0.1, 0.15) is 40.8 Å². The average Bonchev–Trinajstić information content (AvgIpc) is 3.40. The topological polar surface area (TPSA) is 156 Å². The van der Waals surface area contributed by atoms with E-state index >= 15 is 8.78 Å². The molecular formula is C27H35F2N4O8P. The van der Waals surface area contributed by atoms with Gasteiger partial charge in [-0.2, -0.15) is 5.09 Å². The summed E-state index contributed by atoms with van der Waals surface area (Å²) in [5.74, 6) is -3.59. The predicted octanol–water partition coefficient (Wildman–Crippen LogP) is 4.43. The van der Waals surface area contributed by atoms with Crippen molar-refractivity contribution in [3.8, 4) is 11.5 Å². The van der Waals surface area contributed by atoms with Crippen LogP contribution < -0.4 is 20.1 Å². The highest BCUT2D eigenvalue weighted by molar-refractivity contribution is 7.52. The summed E-state index contributed by atoms with van der Waals surface area (Å²) >= 11 is 0. The van der Waals surface area contributed by atoms with E-state index in [1.807, 2.05) is 0 Å². The van der Waals surface area contributed by atoms with E-state index in [0.29, 0.717) is 17.9 Å². The number of halogens is 2. The van der Waals surface area contributed by atoms with Crippen LogP contribution in [0.25, 0.3) is 11.0 Å². The highest BCUT2D eigenvalue weighted by Crippen LogP contribution is 2.52. The summed E-state index contributed by atoms with van der Waals surface area (Å²) in [5, 5.41) is 13.2. The van der Waals surface area contributed by atoms with Crippen LogP contribution in [0.15, 0.2) is 48.8 Å². The van der Waals surface area contributed by atoms with Gasteiger partial charge in [0.1, 0.15) is 29.7 Å². The quantitative estimate of drug-likeness (QED) is 0.151. The van der Waals surface area contributed by atoms with Gasteiger partial charge in [0.25, 0.3) is 5.85 Å². The second-order valence-corrected chi connectivity index (χ2v) is 12.0. The number of hydrogen-bond acceptors (Lipinski definition) is 10. The van der Waals surface area contributed by atoms with Gasteiger partial charge in [-0.3, -0.25) is 9.32 Å². The number of fused-ring (bicyclic) bond motifs is 1. The van der Waals surface area contributed by atoms with Crippen LogP contribution in [0.4, 0.5) is 14.5 Å². The van der Waals surface area contributed by atoms with Crippen molar-refractivity contribution < 1.29 is 46.5 Å². The lowest BCUT2D eigenvalue weighted by Gasteiger charge is -2.28. The summed E-state index contributed by atoms with van der Waals surface area (Å²) in [6, 6.07) is 9.60. The lowest BCUT2D eigenvalue weighted by molar-refractivity contribution is -0.202. The fourth-order valence-electron chi connectivity index (χ4n) is 4.45.